The molecule has 100 valence electrons. The zero-order valence-electron chi connectivity index (χ0n) is 10.9. The first-order valence-corrected chi connectivity index (χ1v) is 6.42. The Balaban J connectivity index is 2.98. The fraction of sp³-hybridized carbons (Fsp3) is 0.600. The van der Waals surface area contributed by atoms with Crippen LogP contribution in [0.15, 0.2) is 5.03 Å². The third-order valence-electron chi connectivity index (χ3n) is 2.21. The molecule has 0 spiro atoms. The first-order valence-electron chi connectivity index (χ1n) is 5.44. The van der Waals surface area contributed by atoms with Crippen LogP contribution in [0, 0.1) is 17.0 Å². The molecule has 0 aliphatic rings. The maximum absolute atomic E-state index is 11.0. The molecule has 0 aliphatic heterocycles. The monoisotopic (exact) mass is 271 g/mol. The number of hydrogen-bond acceptors (Lipinski definition) is 7. The molecular formula is C10H17N5O2S. The minimum atomic E-state index is -0.424. The number of aromatic nitrogens is 2. The van der Waals surface area contributed by atoms with E-state index in [-0.39, 0.29) is 5.69 Å². The molecule has 0 bridgehead atoms. The minimum Gasteiger partial charge on any atom is -0.357 e. The van der Waals surface area contributed by atoms with Crippen molar-refractivity contribution in [2.45, 2.75) is 11.9 Å². The van der Waals surface area contributed by atoms with Crippen LogP contribution >= 0.6 is 11.8 Å². The van der Waals surface area contributed by atoms with E-state index in [0.717, 1.165) is 12.3 Å². The van der Waals surface area contributed by atoms with Gasteiger partial charge in [0.1, 0.15) is 5.69 Å². The second kappa shape index (κ2) is 6.50. The molecule has 0 saturated heterocycles. The molecular weight excluding hydrogens is 254 g/mol. The van der Waals surface area contributed by atoms with E-state index in [1.807, 2.05) is 19.0 Å². The molecule has 18 heavy (non-hydrogen) atoms. The first-order chi connectivity index (χ1) is 8.45. The summed E-state index contributed by atoms with van der Waals surface area (Å²) in [5.74, 6) is 1.15. The number of nitro groups is 1. The molecule has 1 aromatic rings. The predicted octanol–water partition coefficient (Wildman–Crippen LogP) is 1.39. The Morgan fingerprint density at radius 1 is 1.44 bits per heavy atom. The third-order valence-corrected chi connectivity index (χ3v) is 3.15. The zero-order valence-corrected chi connectivity index (χ0v) is 11.7. The van der Waals surface area contributed by atoms with Crippen LogP contribution in [0.2, 0.25) is 0 Å². The van der Waals surface area contributed by atoms with E-state index in [1.165, 1.54) is 11.8 Å². The average molecular weight is 271 g/mol. The molecule has 1 N–H and O–H groups in total. The molecule has 0 unspecified atom stereocenters. The number of aryl methyl sites for hydroxylation is 1. The summed E-state index contributed by atoms with van der Waals surface area (Å²) in [7, 11) is 5.60. The van der Waals surface area contributed by atoms with Crippen molar-refractivity contribution in [3.63, 3.8) is 0 Å². The Morgan fingerprint density at radius 3 is 2.61 bits per heavy atom. The maximum Gasteiger partial charge on any atom is 0.322 e. The van der Waals surface area contributed by atoms with Crippen molar-refractivity contribution >= 4 is 23.4 Å². The summed E-state index contributed by atoms with van der Waals surface area (Å²) in [5, 5.41) is 14.2. The first kappa shape index (κ1) is 14.7. The van der Waals surface area contributed by atoms with Gasteiger partial charge < -0.3 is 10.2 Å². The number of nitrogens with one attached hydrogen (secondary N) is 1. The smallest absolute Gasteiger partial charge is 0.322 e. The molecule has 0 amide bonds. The molecule has 1 heterocycles. The fourth-order valence-electron chi connectivity index (χ4n) is 1.29. The summed E-state index contributed by atoms with van der Waals surface area (Å²) in [6, 6.07) is 0. The lowest BCUT2D eigenvalue weighted by Gasteiger charge is -2.09. The summed E-state index contributed by atoms with van der Waals surface area (Å²) in [4.78, 5) is 20.8. The summed E-state index contributed by atoms with van der Waals surface area (Å²) in [6.07, 6.45) is 0. The number of rotatable bonds is 6. The molecule has 0 aromatic carbocycles. The largest absolute Gasteiger partial charge is 0.357 e. The van der Waals surface area contributed by atoms with Crippen LogP contribution in [-0.2, 0) is 0 Å². The van der Waals surface area contributed by atoms with Crippen LogP contribution in [0.25, 0.3) is 0 Å². The van der Waals surface area contributed by atoms with Gasteiger partial charge in [0.2, 0.25) is 5.95 Å². The lowest BCUT2D eigenvalue weighted by molar-refractivity contribution is -0.389. The molecule has 0 fully saturated rings. The quantitative estimate of drug-likeness (QED) is 0.362. The van der Waals surface area contributed by atoms with Crippen molar-refractivity contribution < 1.29 is 4.92 Å². The highest BCUT2D eigenvalue weighted by Gasteiger charge is 2.21. The molecule has 1 rings (SSSR count). The Morgan fingerprint density at radius 2 is 2.11 bits per heavy atom. The second-order valence-corrected chi connectivity index (χ2v) is 5.03. The number of hydrogen-bond donors (Lipinski definition) is 1. The van der Waals surface area contributed by atoms with Crippen molar-refractivity contribution in [1.82, 2.24) is 14.9 Å². The predicted molar refractivity (Wildman–Crippen MR) is 72.2 cm³/mol. The van der Waals surface area contributed by atoms with Gasteiger partial charge in [0, 0.05) is 19.3 Å². The van der Waals surface area contributed by atoms with Gasteiger partial charge in [-0.25, -0.2) is 4.98 Å². The maximum atomic E-state index is 11.0. The topological polar surface area (TPSA) is 84.2 Å². The highest BCUT2D eigenvalue weighted by molar-refractivity contribution is 7.99. The normalized spacial score (nSPS) is 10.7. The van der Waals surface area contributed by atoms with E-state index >= 15 is 0 Å². The SMILES string of the molecule is CNc1nc(C)c([N+](=O)[O-])c(SCCN(C)C)n1. The Hall–Kier alpha value is -1.41. The van der Waals surface area contributed by atoms with Gasteiger partial charge in [-0.3, -0.25) is 10.1 Å². The molecule has 7 nitrogen and oxygen atoms in total. The molecule has 0 aliphatic carbocycles. The van der Waals surface area contributed by atoms with Gasteiger partial charge in [0.15, 0.2) is 5.03 Å². The third kappa shape index (κ3) is 3.81. The summed E-state index contributed by atoms with van der Waals surface area (Å²) in [6.45, 7) is 2.45. The average Bonchev–Trinajstić information content (AvgIpc) is 2.27. The van der Waals surface area contributed by atoms with Gasteiger partial charge in [-0.15, -0.1) is 0 Å². The van der Waals surface area contributed by atoms with Crippen molar-refractivity contribution in [3.8, 4) is 0 Å². The van der Waals surface area contributed by atoms with E-state index < -0.39 is 4.92 Å². The van der Waals surface area contributed by atoms with Gasteiger partial charge in [0.05, 0.1) is 4.92 Å². The van der Waals surface area contributed by atoms with E-state index in [9.17, 15) is 10.1 Å². The standard InChI is InChI=1S/C10H17N5O2S/c1-7-8(15(16)17)9(13-10(11-2)12-7)18-6-5-14(3)4/h5-6H2,1-4H3,(H,11,12,13). The number of thioether (sulfide) groups is 1. The molecule has 0 radical (unpaired) electrons. The Labute approximate surface area is 110 Å². The van der Waals surface area contributed by atoms with Crippen molar-refractivity contribution in [3.05, 3.63) is 15.8 Å². The van der Waals surface area contributed by atoms with E-state index in [2.05, 4.69) is 15.3 Å². The summed E-state index contributed by atoms with van der Waals surface area (Å²) in [5.41, 5.74) is 0.379. The van der Waals surface area contributed by atoms with Gasteiger partial charge in [0.25, 0.3) is 0 Å². The number of anilines is 1. The van der Waals surface area contributed by atoms with Gasteiger partial charge in [-0.05, 0) is 21.0 Å². The lowest BCUT2D eigenvalue weighted by atomic mass is 10.4. The van der Waals surface area contributed by atoms with E-state index in [0.29, 0.717) is 16.7 Å². The van der Waals surface area contributed by atoms with E-state index in [1.54, 1.807) is 14.0 Å². The van der Waals surface area contributed by atoms with Crippen LogP contribution in [0.3, 0.4) is 0 Å². The zero-order chi connectivity index (χ0) is 13.7. The van der Waals surface area contributed by atoms with Crippen molar-refractivity contribution in [2.75, 3.05) is 38.8 Å². The highest BCUT2D eigenvalue weighted by Crippen LogP contribution is 2.30. The van der Waals surface area contributed by atoms with Gasteiger partial charge in [-0.2, -0.15) is 4.98 Å². The van der Waals surface area contributed by atoms with Crippen LogP contribution in [0.1, 0.15) is 5.69 Å². The molecule has 1 aromatic heterocycles. The second-order valence-electron chi connectivity index (χ2n) is 3.95. The number of nitrogens with zero attached hydrogens (tertiary/aromatic N) is 4. The minimum absolute atomic E-state index is 0.00208. The van der Waals surface area contributed by atoms with Crippen LogP contribution in [0.5, 0.6) is 0 Å². The van der Waals surface area contributed by atoms with Crippen LogP contribution in [0.4, 0.5) is 11.6 Å². The Bertz CT molecular complexity index is 439. The summed E-state index contributed by atoms with van der Waals surface area (Å²) >= 11 is 1.37. The Kier molecular flexibility index (Phi) is 5.29. The molecule has 0 saturated carbocycles. The molecule has 0 atom stereocenters. The van der Waals surface area contributed by atoms with Crippen molar-refractivity contribution in [2.24, 2.45) is 0 Å². The van der Waals surface area contributed by atoms with Gasteiger partial charge in [-0.1, -0.05) is 11.8 Å². The van der Waals surface area contributed by atoms with Crippen molar-refractivity contribution in [1.29, 1.82) is 0 Å². The summed E-state index contributed by atoms with van der Waals surface area (Å²) < 4.78 is 0. The van der Waals surface area contributed by atoms with Crippen LogP contribution in [-0.4, -0.2) is 53.2 Å². The van der Waals surface area contributed by atoms with Gasteiger partial charge >= 0.3 is 5.69 Å². The van der Waals surface area contributed by atoms with Crippen LogP contribution < -0.4 is 5.32 Å². The highest BCUT2D eigenvalue weighted by atomic mass is 32.2. The molecule has 8 heteroatoms. The van der Waals surface area contributed by atoms with E-state index in [4.69, 9.17) is 0 Å². The fourth-order valence-corrected chi connectivity index (χ4v) is 2.45. The lowest BCUT2D eigenvalue weighted by Crippen LogP contribution is -2.15.